The molecule has 3 aliphatic rings. The molecule has 2 aromatic carbocycles. The second-order valence-electron chi connectivity index (χ2n) is 13.0. The number of hydrogen-bond donors (Lipinski definition) is 2. The van der Waals surface area contributed by atoms with Gasteiger partial charge in [-0.2, -0.15) is 0 Å². The van der Waals surface area contributed by atoms with Crippen molar-refractivity contribution in [2.24, 2.45) is 11.8 Å². The molecule has 2 aromatic rings. The third-order valence-corrected chi connectivity index (χ3v) is 10.9. The number of aliphatic hydroxyl groups is 1. The maximum Gasteiger partial charge on any atom is 0.313 e. The van der Waals surface area contributed by atoms with Crippen molar-refractivity contribution in [1.29, 1.82) is 0 Å². The van der Waals surface area contributed by atoms with Crippen molar-refractivity contribution in [1.82, 2.24) is 10.2 Å². The monoisotopic (exact) mass is 751 g/mol. The van der Waals surface area contributed by atoms with Crippen LogP contribution in [0.4, 0.5) is 5.69 Å². The van der Waals surface area contributed by atoms with Crippen LogP contribution in [-0.2, 0) is 28.7 Å². The number of amides is 3. The summed E-state index contributed by atoms with van der Waals surface area (Å²) in [5, 5.41) is 13.4. The SMILES string of the molecule is C=CCCC(=O)N[C@H](C)[C@@H](OC(=O)[C@@H]1[C@H]2O[C@@]3(CC2Br)[C@H](C(=O)N(CC=C)c2ccc(OC)cc2)N([C@@H](CC)CO)C(=O)[C@@H]13)c1ccccc1. The molecular formula is C38H46BrN3O8. The van der Waals surface area contributed by atoms with Gasteiger partial charge in [0.1, 0.15) is 23.5 Å². The average Bonchev–Trinajstić information content (AvgIpc) is 3.72. The molecule has 12 heteroatoms. The third-order valence-electron chi connectivity index (χ3n) is 10.1. The molecular weight excluding hydrogens is 706 g/mol. The summed E-state index contributed by atoms with van der Waals surface area (Å²) in [4.78, 5) is 59.2. The first kappa shape index (κ1) is 37.3. The van der Waals surface area contributed by atoms with E-state index < -0.39 is 65.6 Å². The normalized spacial score (nSPS) is 26.8. The van der Waals surface area contributed by atoms with Crippen molar-refractivity contribution < 1.29 is 38.5 Å². The Hall–Kier alpha value is -4.00. The van der Waals surface area contributed by atoms with Gasteiger partial charge in [0, 0.05) is 23.5 Å². The lowest BCUT2D eigenvalue weighted by molar-refractivity contribution is -0.162. The minimum atomic E-state index is -1.38. The molecule has 9 atom stereocenters. The molecule has 3 amide bonds. The van der Waals surface area contributed by atoms with E-state index >= 15 is 0 Å². The van der Waals surface area contributed by atoms with Crippen LogP contribution in [0.25, 0.3) is 0 Å². The highest BCUT2D eigenvalue weighted by atomic mass is 79.9. The van der Waals surface area contributed by atoms with E-state index in [1.54, 1.807) is 50.5 Å². The van der Waals surface area contributed by atoms with Gasteiger partial charge in [-0.3, -0.25) is 19.2 Å². The quantitative estimate of drug-likeness (QED) is 0.146. The van der Waals surface area contributed by atoms with E-state index in [4.69, 9.17) is 14.2 Å². The van der Waals surface area contributed by atoms with Crippen molar-refractivity contribution >= 4 is 45.3 Å². The van der Waals surface area contributed by atoms with Gasteiger partial charge >= 0.3 is 5.97 Å². The number of anilines is 1. The molecule has 0 aromatic heterocycles. The molecule has 50 heavy (non-hydrogen) atoms. The molecule has 2 bridgehead atoms. The van der Waals surface area contributed by atoms with Crippen LogP contribution in [0.5, 0.6) is 5.75 Å². The molecule has 0 aliphatic carbocycles. The second-order valence-corrected chi connectivity index (χ2v) is 14.2. The molecule has 11 nitrogen and oxygen atoms in total. The largest absolute Gasteiger partial charge is 0.497 e. The van der Waals surface area contributed by atoms with Crippen LogP contribution in [0.15, 0.2) is 79.9 Å². The zero-order chi connectivity index (χ0) is 36.2. The van der Waals surface area contributed by atoms with Gasteiger partial charge in [-0.1, -0.05) is 65.3 Å². The predicted molar refractivity (Wildman–Crippen MR) is 192 cm³/mol. The number of carbonyl (C=O) groups excluding carboxylic acids is 4. The number of halogens is 1. The standard InChI is InChI=1S/C38H46BrN3O8/c1-6-9-15-29(44)40-23(4)32(24-13-11-10-12-14-24)49-37(47)30-31-35(45)42(25(8-3)22-43)34(38(31)21-28(39)33(30)50-38)36(46)41(20-7-2)26-16-18-27(48-5)19-17-26/h6-7,10-14,16-19,23,25,28,30-34,43H,1-2,8-9,15,20-22H2,3-5H3,(H,40,44)/t23-,25+,28?,30+,31-,32-,33+,34+,38-/m1/s1. The van der Waals surface area contributed by atoms with Gasteiger partial charge < -0.3 is 34.4 Å². The van der Waals surface area contributed by atoms with Crippen molar-refractivity contribution in [3.63, 3.8) is 0 Å². The second kappa shape index (κ2) is 15.9. The Bertz CT molecular complexity index is 1570. The van der Waals surface area contributed by atoms with E-state index in [1.807, 2.05) is 37.3 Å². The highest BCUT2D eigenvalue weighted by Crippen LogP contribution is 2.61. The Morgan fingerprint density at radius 3 is 2.46 bits per heavy atom. The Labute approximate surface area is 301 Å². The van der Waals surface area contributed by atoms with Gasteiger partial charge in [-0.25, -0.2) is 0 Å². The van der Waals surface area contributed by atoms with Crippen molar-refractivity contribution in [3.8, 4) is 5.75 Å². The van der Waals surface area contributed by atoms with Gasteiger partial charge in [0.15, 0.2) is 0 Å². The van der Waals surface area contributed by atoms with E-state index in [2.05, 4.69) is 34.4 Å². The highest BCUT2D eigenvalue weighted by Gasteiger charge is 2.77. The summed E-state index contributed by atoms with van der Waals surface area (Å²) in [5.74, 6) is -3.21. The van der Waals surface area contributed by atoms with Crippen LogP contribution < -0.4 is 15.0 Å². The number of fused-ring (bicyclic) bond motifs is 1. The first-order valence-electron chi connectivity index (χ1n) is 17.0. The number of aliphatic hydroxyl groups excluding tert-OH is 1. The molecule has 2 N–H and O–H groups in total. The van der Waals surface area contributed by atoms with Crippen LogP contribution in [0.1, 0.15) is 51.2 Å². The number of hydrogen-bond acceptors (Lipinski definition) is 8. The molecule has 0 radical (unpaired) electrons. The van der Waals surface area contributed by atoms with Crippen molar-refractivity contribution in [2.75, 3.05) is 25.2 Å². The summed E-state index contributed by atoms with van der Waals surface area (Å²) in [5.41, 5.74) is -0.142. The van der Waals surface area contributed by atoms with Crippen LogP contribution in [0.3, 0.4) is 0 Å². The zero-order valence-electron chi connectivity index (χ0n) is 28.7. The number of methoxy groups -OCH3 is 1. The topological polar surface area (TPSA) is 135 Å². The molecule has 5 rings (SSSR count). The maximum absolute atomic E-state index is 14.8. The first-order chi connectivity index (χ1) is 24.1. The van der Waals surface area contributed by atoms with E-state index in [0.717, 1.165) is 0 Å². The minimum absolute atomic E-state index is 0.141. The smallest absolute Gasteiger partial charge is 0.313 e. The molecule has 3 heterocycles. The van der Waals surface area contributed by atoms with Crippen LogP contribution in [0, 0.1) is 11.8 Å². The Kier molecular flexibility index (Phi) is 11.9. The lowest BCUT2D eigenvalue weighted by atomic mass is 9.70. The average molecular weight is 753 g/mol. The number of allylic oxidation sites excluding steroid dienone is 1. The number of ether oxygens (including phenoxy) is 3. The van der Waals surface area contributed by atoms with E-state index in [1.165, 1.54) is 9.80 Å². The molecule has 3 fully saturated rings. The van der Waals surface area contributed by atoms with Gasteiger partial charge in [-0.15, -0.1) is 13.2 Å². The van der Waals surface area contributed by atoms with Crippen molar-refractivity contribution in [2.45, 2.75) is 80.3 Å². The summed E-state index contributed by atoms with van der Waals surface area (Å²) >= 11 is 3.72. The van der Waals surface area contributed by atoms with Gasteiger partial charge in [0.2, 0.25) is 11.8 Å². The summed E-state index contributed by atoms with van der Waals surface area (Å²) < 4.78 is 18.3. The van der Waals surface area contributed by atoms with Gasteiger partial charge in [0.25, 0.3) is 5.91 Å². The number of rotatable bonds is 16. The fourth-order valence-electron chi connectivity index (χ4n) is 7.72. The van der Waals surface area contributed by atoms with Crippen molar-refractivity contribution in [3.05, 3.63) is 85.5 Å². The molecule has 3 saturated heterocycles. The number of nitrogens with one attached hydrogen (secondary N) is 1. The van der Waals surface area contributed by atoms with Crippen LogP contribution >= 0.6 is 15.9 Å². The molecule has 268 valence electrons. The summed E-state index contributed by atoms with van der Waals surface area (Å²) in [6.45, 7) is 10.9. The number of alkyl halides is 1. The zero-order valence-corrected chi connectivity index (χ0v) is 30.3. The third kappa shape index (κ3) is 6.85. The number of esters is 1. The molecule has 1 unspecified atom stereocenters. The van der Waals surface area contributed by atoms with Crippen LogP contribution in [0.2, 0.25) is 0 Å². The Morgan fingerprint density at radius 2 is 1.86 bits per heavy atom. The Balaban J connectivity index is 1.52. The number of nitrogens with zero attached hydrogens (tertiary/aromatic N) is 2. The van der Waals surface area contributed by atoms with E-state index in [-0.39, 0.29) is 36.7 Å². The van der Waals surface area contributed by atoms with Gasteiger partial charge in [-0.05, 0) is 56.0 Å². The molecule has 1 spiro atoms. The predicted octanol–water partition coefficient (Wildman–Crippen LogP) is 4.49. The number of carbonyl (C=O) groups is 4. The fourth-order valence-corrected chi connectivity index (χ4v) is 8.67. The Morgan fingerprint density at radius 1 is 1.16 bits per heavy atom. The lowest BCUT2D eigenvalue weighted by Gasteiger charge is -2.39. The van der Waals surface area contributed by atoms with E-state index in [0.29, 0.717) is 29.8 Å². The van der Waals surface area contributed by atoms with E-state index in [9.17, 15) is 24.3 Å². The summed E-state index contributed by atoms with van der Waals surface area (Å²) in [6, 6.07) is 13.6. The first-order valence-corrected chi connectivity index (χ1v) is 17.9. The highest BCUT2D eigenvalue weighted by molar-refractivity contribution is 9.09. The lowest BCUT2D eigenvalue weighted by Crippen LogP contribution is -2.59. The number of benzene rings is 2. The molecule has 0 saturated carbocycles. The summed E-state index contributed by atoms with van der Waals surface area (Å²) in [6.07, 6.45) is 3.02. The maximum atomic E-state index is 14.8. The van der Waals surface area contributed by atoms with Gasteiger partial charge in [0.05, 0.1) is 43.7 Å². The van der Waals surface area contributed by atoms with Crippen LogP contribution in [-0.4, -0.2) is 88.6 Å². The fraction of sp³-hybridized carbons (Fsp3) is 0.474. The minimum Gasteiger partial charge on any atom is -0.497 e. The molecule has 3 aliphatic heterocycles. The number of likely N-dealkylation sites (tertiary alicyclic amines) is 1. The summed E-state index contributed by atoms with van der Waals surface area (Å²) in [7, 11) is 1.55.